The number of hydrogen-bond donors (Lipinski definition) is 0. The Kier molecular flexibility index (Phi) is 2.27. The van der Waals surface area contributed by atoms with Crippen LogP contribution in [0, 0.1) is 17.3 Å². The summed E-state index contributed by atoms with van der Waals surface area (Å²) in [4.78, 5) is 11.2. The van der Waals surface area contributed by atoms with Crippen LogP contribution in [-0.4, -0.2) is 12.6 Å². The maximum Gasteiger partial charge on any atom is 0.313 e. The van der Waals surface area contributed by atoms with Gasteiger partial charge in [0, 0.05) is 5.92 Å². The number of rotatable bonds is 1. The Morgan fingerprint density at radius 2 is 2.17 bits per heavy atom. The summed E-state index contributed by atoms with van der Waals surface area (Å²) < 4.78 is 4.99. The molecule has 1 rings (SSSR count). The van der Waals surface area contributed by atoms with Gasteiger partial charge in [-0.15, -0.1) is 6.58 Å². The van der Waals surface area contributed by atoms with Crippen molar-refractivity contribution in [2.45, 2.75) is 20.8 Å². The third-order valence-electron chi connectivity index (χ3n) is 2.48. The van der Waals surface area contributed by atoms with E-state index in [1.54, 1.807) is 6.08 Å². The van der Waals surface area contributed by atoms with E-state index in [0.29, 0.717) is 6.61 Å². The fourth-order valence-corrected chi connectivity index (χ4v) is 1.59. The number of ether oxygens (including phenoxy) is 1. The maximum absolute atomic E-state index is 11.2. The second-order valence-electron chi connectivity index (χ2n) is 4.36. The van der Waals surface area contributed by atoms with E-state index in [2.05, 4.69) is 27.4 Å². The number of carbonyl (C=O) groups excluding carboxylic acids is 1. The Labute approximate surface area is 73.6 Å². The molecule has 0 aromatic carbocycles. The van der Waals surface area contributed by atoms with Gasteiger partial charge in [0.25, 0.3) is 0 Å². The Bertz CT molecular complexity index is 200. The van der Waals surface area contributed by atoms with Crippen molar-refractivity contribution < 1.29 is 9.53 Å². The van der Waals surface area contributed by atoms with Gasteiger partial charge in [0.1, 0.15) is 0 Å². The van der Waals surface area contributed by atoms with E-state index in [4.69, 9.17) is 4.74 Å². The number of cyclic esters (lactones) is 1. The lowest BCUT2D eigenvalue weighted by Crippen LogP contribution is -2.27. The molecule has 2 nitrogen and oxygen atoms in total. The van der Waals surface area contributed by atoms with E-state index in [9.17, 15) is 4.79 Å². The first-order valence-electron chi connectivity index (χ1n) is 4.26. The lowest BCUT2D eigenvalue weighted by molar-refractivity contribution is -0.140. The molecule has 0 radical (unpaired) electrons. The average molecular weight is 168 g/mol. The van der Waals surface area contributed by atoms with Gasteiger partial charge in [-0.1, -0.05) is 26.8 Å². The second kappa shape index (κ2) is 2.92. The molecule has 1 fully saturated rings. The van der Waals surface area contributed by atoms with Gasteiger partial charge < -0.3 is 4.74 Å². The lowest BCUT2D eigenvalue weighted by Gasteiger charge is -2.27. The van der Waals surface area contributed by atoms with Crippen LogP contribution in [0.1, 0.15) is 20.8 Å². The smallest absolute Gasteiger partial charge is 0.313 e. The van der Waals surface area contributed by atoms with Gasteiger partial charge in [-0.05, 0) is 5.41 Å². The van der Waals surface area contributed by atoms with Crippen LogP contribution in [-0.2, 0) is 9.53 Å². The quantitative estimate of drug-likeness (QED) is 0.442. The highest BCUT2D eigenvalue weighted by Crippen LogP contribution is 2.37. The third kappa shape index (κ3) is 1.52. The summed E-state index contributed by atoms with van der Waals surface area (Å²) in [6, 6.07) is 0. The van der Waals surface area contributed by atoms with Crippen molar-refractivity contribution in [3.63, 3.8) is 0 Å². The van der Waals surface area contributed by atoms with Gasteiger partial charge in [0.05, 0.1) is 12.5 Å². The molecule has 0 N–H and O–H groups in total. The van der Waals surface area contributed by atoms with Gasteiger partial charge in [0.2, 0.25) is 0 Å². The highest BCUT2D eigenvalue weighted by Gasteiger charge is 2.41. The van der Waals surface area contributed by atoms with Crippen molar-refractivity contribution in [3.8, 4) is 0 Å². The molecule has 0 bridgehead atoms. The summed E-state index contributed by atoms with van der Waals surface area (Å²) in [6.07, 6.45) is 1.70. The van der Waals surface area contributed by atoms with Crippen molar-refractivity contribution in [2.24, 2.45) is 17.3 Å². The van der Waals surface area contributed by atoms with Crippen molar-refractivity contribution in [3.05, 3.63) is 12.7 Å². The van der Waals surface area contributed by atoms with E-state index < -0.39 is 0 Å². The largest absolute Gasteiger partial charge is 0.465 e. The molecule has 2 atom stereocenters. The molecular weight excluding hydrogens is 152 g/mol. The first-order chi connectivity index (χ1) is 5.46. The minimum Gasteiger partial charge on any atom is -0.465 e. The van der Waals surface area contributed by atoms with Crippen LogP contribution in [0.4, 0.5) is 0 Å². The van der Waals surface area contributed by atoms with E-state index in [1.165, 1.54) is 0 Å². The zero-order valence-electron chi connectivity index (χ0n) is 7.96. The summed E-state index contributed by atoms with van der Waals surface area (Å²) in [7, 11) is 0. The molecule has 0 aromatic heterocycles. The molecule has 0 aliphatic carbocycles. The molecule has 68 valence electrons. The summed E-state index contributed by atoms with van der Waals surface area (Å²) in [5, 5.41) is 0. The predicted molar refractivity (Wildman–Crippen MR) is 47.6 cm³/mol. The maximum atomic E-state index is 11.2. The minimum absolute atomic E-state index is 0.106. The van der Waals surface area contributed by atoms with Crippen LogP contribution in [0.15, 0.2) is 12.7 Å². The molecule has 1 aliphatic rings. The summed E-state index contributed by atoms with van der Waals surface area (Å²) in [6.45, 7) is 10.6. The summed E-state index contributed by atoms with van der Waals surface area (Å²) >= 11 is 0. The van der Waals surface area contributed by atoms with Crippen molar-refractivity contribution >= 4 is 5.97 Å². The predicted octanol–water partition coefficient (Wildman–Crippen LogP) is 2.01. The summed E-state index contributed by atoms with van der Waals surface area (Å²) in [5.41, 5.74) is 0.116. The number of carbonyl (C=O) groups is 1. The Morgan fingerprint density at radius 3 is 2.50 bits per heavy atom. The van der Waals surface area contributed by atoms with Gasteiger partial charge in [-0.2, -0.15) is 0 Å². The standard InChI is InChI=1S/C10H16O2/c1-5-7-8(10(2,3)4)6-12-9(7)11/h5,7-8H,1,6H2,2-4H3/t7-,8+/m0/s1. The van der Waals surface area contributed by atoms with Crippen LogP contribution >= 0.6 is 0 Å². The Hall–Kier alpha value is -0.790. The number of hydrogen-bond acceptors (Lipinski definition) is 2. The first kappa shape index (κ1) is 9.30. The minimum atomic E-state index is -0.120. The van der Waals surface area contributed by atoms with Gasteiger partial charge >= 0.3 is 5.97 Å². The van der Waals surface area contributed by atoms with Crippen molar-refractivity contribution in [2.75, 3.05) is 6.61 Å². The normalized spacial score (nSPS) is 30.1. The highest BCUT2D eigenvalue weighted by molar-refractivity contribution is 5.76. The number of esters is 1. The van der Waals surface area contributed by atoms with Crippen LogP contribution in [0.3, 0.4) is 0 Å². The van der Waals surface area contributed by atoms with Gasteiger partial charge in [-0.25, -0.2) is 0 Å². The van der Waals surface area contributed by atoms with Crippen molar-refractivity contribution in [1.82, 2.24) is 0 Å². The molecule has 1 saturated heterocycles. The van der Waals surface area contributed by atoms with Crippen LogP contribution in [0.5, 0.6) is 0 Å². The topological polar surface area (TPSA) is 26.3 Å². The molecule has 0 unspecified atom stereocenters. The SMILES string of the molecule is C=C[C@@H]1C(=O)OC[C@H]1C(C)(C)C. The molecule has 0 spiro atoms. The van der Waals surface area contributed by atoms with Crippen LogP contribution in [0.25, 0.3) is 0 Å². The molecular formula is C10H16O2. The van der Waals surface area contributed by atoms with E-state index >= 15 is 0 Å². The molecule has 1 heterocycles. The molecule has 0 saturated carbocycles. The Morgan fingerprint density at radius 1 is 1.58 bits per heavy atom. The van der Waals surface area contributed by atoms with Crippen LogP contribution in [0.2, 0.25) is 0 Å². The second-order valence-corrected chi connectivity index (χ2v) is 4.36. The van der Waals surface area contributed by atoms with Crippen LogP contribution < -0.4 is 0 Å². The monoisotopic (exact) mass is 168 g/mol. The molecule has 0 aromatic rings. The highest BCUT2D eigenvalue weighted by atomic mass is 16.5. The van der Waals surface area contributed by atoms with E-state index in [0.717, 1.165) is 0 Å². The average Bonchev–Trinajstić information content (AvgIpc) is 2.29. The third-order valence-corrected chi connectivity index (χ3v) is 2.48. The summed E-state index contributed by atoms with van der Waals surface area (Å²) in [5.74, 6) is 0.0532. The Balaban J connectivity index is 2.80. The van der Waals surface area contributed by atoms with E-state index in [-0.39, 0.29) is 23.2 Å². The molecule has 2 heteroatoms. The van der Waals surface area contributed by atoms with Crippen molar-refractivity contribution in [1.29, 1.82) is 0 Å². The van der Waals surface area contributed by atoms with Gasteiger partial charge in [0.15, 0.2) is 0 Å². The lowest BCUT2D eigenvalue weighted by atomic mass is 9.75. The first-order valence-corrected chi connectivity index (χ1v) is 4.26. The molecule has 12 heavy (non-hydrogen) atoms. The van der Waals surface area contributed by atoms with E-state index in [1.807, 2.05) is 0 Å². The molecule has 1 aliphatic heterocycles. The molecule has 0 amide bonds. The van der Waals surface area contributed by atoms with Gasteiger partial charge in [-0.3, -0.25) is 4.79 Å². The zero-order valence-corrected chi connectivity index (χ0v) is 7.96. The fourth-order valence-electron chi connectivity index (χ4n) is 1.59. The fraction of sp³-hybridized carbons (Fsp3) is 0.700. The zero-order chi connectivity index (χ0) is 9.35.